The zero-order chi connectivity index (χ0) is 13.9. The predicted octanol–water partition coefficient (Wildman–Crippen LogP) is 4.57. The predicted molar refractivity (Wildman–Crippen MR) is 78.9 cm³/mol. The summed E-state index contributed by atoms with van der Waals surface area (Å²) in [7, 11) is 0. The molecule has 1 aromatic rings. The van der Waals surface area contributed by atoms with Crippen LogP contribution in [0.2, 0.25) is 5.02 Å². The van der Waals surface area contributed by atoms with Gasteiger partial charge in [-0.3, -0.25) is 0 Å². The van der Waals surface area contributed by atoms with Crippen LogP contribution in [0.1, 0.15) is 44.6 Å². The summed E-state index contributed by atoms with van der Waals surface area (Å²) >= 11 is 5.74. The summed E-state index contributed by atoms with van der Waals surface area (Å²) in [6.07, 6.45) is 6.97. The first-order valence-electron chi connectivity index (χ1n) is 7.22. The summed E-state index contributed by atoms with van der Waals surface area (Å²) in [5.74, 6) is 0.448. The number of benzene rings is 1. The first kappa shape index (κ1) is 14.8. The van der Waals surface area contributed by atoms with Crippen LogP contribution in [-0.4, -0.2) is 6.54 Å². The van der Waals surface area contributed by atoms with Crippen molar-refractivity contribution in [1.82, 2.24) is 0 Å². The van der Waals surface area contributed by atoms with E-state index in [9.17, 15) is 4.39 Å². The molecule has 2 atom stereocenters. The lowest BCUT2D eigenvalue weighted by atomic mass is 9.66. The molecule has 0 radical (unpaired) electrons. The van der Waals surface area contributed by atoms with Crippen molar-refractivity contribution in [2.45, 2.75) is 45.4 Å². The van der Waals surface area contributed by atoms with Crippen LogP contribution in [0.15, 0.2) is 18.2 Å². The van der Waals surface area contributed by atoms with Gasteiger partial charge in [-0.05, 0) is 54.8 Å². The van der Waals surface area contributed by atoms with Gasteiger partial charge in [0.05, 0.1) is 5.02 Å². The molecule has 1 saturated carbocycles. The number of rotatable bonds is 4. The van der Waals surface area contributed by atoms with Crippen LogP contribution >= 0.6 is 11.6 Å². The first-order chi connectivity index (χ1) is 9.08. The second-order valence-electron chi connectivity index (χ2n) is 6.00. The van der Waals surface area contributed by atoms with Crippen molar-refractivity contribution >= 4 is 11.6 Å². The van der Waals surface area contributed by atoms with Crippen molar-refractivity contribution in [3.63, 3.8) is 0 Å². The highest BCUT2D eigenvalue weighted by Gasteiger charge is 2.34. The molecule has 19 heavy (non-hydrogen) atoms. The van der Waals surface area contributed by atoms with Crippen molar-refractivity contribution < 1.29 is 4.39 Å². The normalized spacial score (nSPS) is 27.5. The molecule has 2 N–H and O–H groups in total. The highest BCUT2D eigenvalue weighted by atomic mass is 35.5. The minimum atomic E-state index is -0.325. The van der Waals surface area contributed by atoms with Crippen LogP contribution in [0, 0.1) is 17.2 Å². The first-order valence-corrected chi connectivity index (χ1v) is 7.60. The molecule has 1 fully saturated rings. The Balaban J connectivity index is 2.15. The monoisotopic (exact) mass is 283 g/mol. The van der Waals surface area contributed by atoms with Gasteiger partial charge in [-0.1, -0.05) is 43.9 Å². The third-order valence-electron chi connectivity index (χ3n) is 4.61. The van der Waals surface area contributed by atoms with Gasteiger partial charge in [0.25, 0.3) is 0 Å². The molecule has 1 nitrogen and oxygen atoms in total. The molecule has 1 aliphatic rings. The number of hydrogen-bond acceptors (Lipinski definition) is 1. The van der Waals surface area contributed by atoms with E-state index in [4.69, 9.17) is 17.3 Å². The second-order valence-corrected chi connectivity index (χ2v) is 6.41. The highest BCUT2D eigenvalue weighted by molar-refractivity contribution is 6.30. The third-order valence-corrected chi connectivity index (χ3v) is 4.92. The van der Waals surface area contributed by atoms with Gasteiger partial charge in [0, 0.05) is 0 Å². The SMILES string of the molecule is CCC1CCCC(CN)(Cc2ccc(Cl)c(F)c2)C1. The van der Waals surface area contributed by atoms with E-state index in [2.05, 4.69) is 6.92 Å². The largest absolute Gasteiger partial charge is 0.330 e. The number of halogens is 2. The summed E-state index contributed by atoms with van der Waals surface area (Å²) in [6.45, 7) is 2.94. The van der Waals surface area contributed by atoms with E-state index in [1.807, 2.05) is 6.07 Å². The van der Waals surface area contributed by atoms with Gasteiger partial charge in [-0.25, -0.2) is 4.39 Å². The third kappa shape index (κ3) is 3.49. The maximum atomic E-state index is 13.5. The average molecular weight is 284 g/mol. The minimum absolute atomic E-state index is 0.152. The van der Waals surface area contributed by atoms with Crippen LogP contribution in [0.25, 0.3) is 0 Å². The van der Waals surface area contributed by atoms with Gasteiger partial charge in [0.1, 0.15) is 5.82 Å². The summed E-state index contributed by atoms with van der Waals surface area (Å²) in [5.41, 5.74) is 7.22. The molecule has 0 heterocycles. The van der Waals surface area contributed by atoms with Gasteiger partial charge in [0.2, 0.25) is 0 Å². The van der Waals surface area contributed by atoms with E-state index in [1.165, 1.54) is 25.7 Å². The van der Waals surface area contributed by atoms with Gasteiger partial charge in [0.15, 0.2) is 0 Å². The second kappa shape index (κ2) is 6.23. The summed E-state index contributed by atoms with van der Waals surface area (Å²) in [6, 6.07) is 5.14. The summed E-state index contributed by atoms with van der Waals surface area (Å²) < 4.78 is 13.5. The molecular formula is C16H23ClFN. The summed E-state index contributed by atoms with van der Waals surface area (Å²) in [4.78, 5) is 0. The Morgan fingerprint density at radius 1 is 1.47 bits per heavy atom. The fourth-order valence-corrected chi connectivity index (χ4v) is 3.55. The molecule has 0 amide bonds. The molecule has 0 aromatic heterocycles. The van der Waals surface area contributed by atoms with Crippen molar-refractivity contribution in [3.05, 3.63) is 34.6 Å². The van der Waals surface area contributed by atoms with Crippen molar-refractivity contribution in [3.8, 4) is 0 Å². The van der Waals surface area contributed by atoms with Crippen LogP contribution in [0.5, 0.6) is 0 Å². The Labute approximate surface area is 120 Å². The maximum Gasteiger partial charge on any atom is 0.142 e. The van der Waals surface area contributed by atoms with E-state index in [0.29, 0.717) is 6.54 Å². The lowest BCUT2D eigenvalue weighted by Crippen LogP contribution is -2.37. The van der Waals surface area contributed by atoms with Crippen molar-refractivity contribution in [1.29, 1.82) is 0 Å². The van der Waals surface area contributed by atoms with Crippen molar-refractivity contribution in [2.24, 2.45) is 17.1 Å². The molecule has 0 aliphatic heterocycles. The molecule has 2 unspecified atom stereocenters. The molecular weight excluding hydrogens is 261 g/mol. The molecule has 0 saturated heterocycles. The zero-order valence-electron chi connectivity index (χ0n) is 11.6. The van der Waals surface area contributed by atoms with Crippen LogP contribution < -0.4 is 5.73 Å². The topological polar surface area (TPSA) is 26.0 Å². The zero-order valence-corrected chi connectivity index (χ0v) is 12.3. The standard InChI is InChI=1S/C16H23ClFN/c1-2-12-4-3-7-16(9-12,11-19)10-13-5-6-14(17)15(18)8-13/h5-6,8,12H,2-4,7,9-11,19H2,1H3. The number of nitrogens with two attached hydrogens (primary N) is 1. The molecule has 2 rings (SSSR count). The Hall–Kier alpha value is -0.600. The molecule has 1 aliphatic carbocycles. The lowest BCUT2D eigenvalue weighted by Gasteiger charge is -2.40. The minimum Gasteiger partial charge on any atom is -0.330 e. The molecule has 1 aromatic carbocycles. The molecule has 0 bridgehead atoms. The Morgan fingerprint density at radius 2 is 2.26 bits per heavy atom. The van der Waals surface area contributed by atoms with E-state index < -0.39 is 0 Å². The van der Waals surface area contributed by atoms with E-state index >= 15 is 0 Å². The lowest BCUT2D eigenvalue weighted by molar-refractivity contribution is 0.142. The quantitative estimate of drug-likeness (QED) is 0.861. The van der Waals surface area contributed by atoms with Gasteiger partial charge in [-0.15, -0.1) is 0 Å². The van der Waals surface area contributed by atoms with Gasteiger partial charge >= 0.3 is 0 Å². The van der Waals surface area contributed by atoms with E-state index in [1.54, 1.807) is 12.1 Å². The van der Waals surface area contributed by atoms with Gasteiger partial charge < -0.3 is 5.73 Å². The summed E-state index contributed by atoms with van der Waals surface area (Å²) in [5, 5.41) is 0.195. The smallest absolute Gasteiger partial charge is 0.142 e. The fourth-order valence-electron chi connectivity index (χ4n) is 3.43. The van der Waals surface area contributed by atoms with Crippen LogP contribution in [0.4, 0.5) is 4.39 Å². The fraction of sp³-hybridized carbons (Fsp3) is 0.625. The van der Waals surface area contributed by atoms with Crippen molar-refractivity contribution in [2.75, 3.05) is 6.54 Å². The number of hydrogen-bond donors (Lipinski definition) is 1. The van der Waals surface area contributed by atoms with E-state index in [-0.39, 0.29) is 16.3 Å². The molecule has 0 spiro atoms. The maximum absolute atomic E-state index is 13.5. The van der Waals surface area contributed by atoms with Crippen LogP contribution in [0.3, 0.4) is 0 Å². The van der Waals surface area contributed by atoms with E-state index in [0.717, 1.165) is 24.3 Å². The Bertz CT molecular complexity index is 435. The molecule has 3 heteroatoms. The molecule has 106 valence electrons. The highest BCUT2D eigenvalue weighted by Crippen LogP contribution is 2.42. The van der Waals surface area contributed by atoms with Gasteiger partial charge in [-0.2, -0.15) is 0 Å². The Morgan fingerprint density at radius 3 is 2.89 bits per heavy atom. The van der Waals surface area contributed by atoms with Crippen LogP contribution in [-0.2, 0) is 6.42 Å². The Kier molecular flexibility index (Phi) is 4.86. The average Bonchev–Trinajstić information content (AvgIpc) is 2.43.